The molecule has 2 aromatic carbocycles. The van der Waals surface area contributed by atoms with Crippen LogP contribution in [0.15, 0.2) is 73.1 Å². The lowest BCUT2D eigenvalue weighted by Crippen LogP contribution is -2.06. The van der Waals surface area contributed by atoms with Gasteiger partial charge < -0.3 is 10.3 Å². The number of nitrogens with zero attached hydrogens (tertiary/aromatic N) is 3. The molecule has 0 aliphatic carbocycles. The highest BCUT2D eigenvalue weighted by Crippen LogP contribution is 2.31. The molecule has 2 N–H and O–H groups in total. The summed E-state index contributed by atoms with van der Waals surface area (Å²) in [4.78, 5) is 25.3. The number of aromatic amines is 1. The van der Waals surface area contributed by atoms with Crippen LogP contribution in [0.25, 0.3) is 32.7 Å². The zero-order valence-corrected chi connectivity index (χ0v) is 19.4. The third kappa shape index (κ3) is 4.67. The summed E-state index contributed by atoms with van der Waals surface area (Å²) < 4.78 is 0. The van der Waals surface area contributed by atoms with Crippen molar-refractivity contribution in [3.05, 3.63) is 93.6 Å². The Kier molecular flexibility index (Phi) is 6.05. The number of H-pyrrole nitrogens is 1. The molecule has 7 nitrogen and oxygen atoms in total. The first-order valence-corrected chi connectivity index (χ1v) is 11.9. The van der Waals surface area contributed by atoms with Gasteiger partial charge in [-0.25, -0.2) is 9.97 Å². The maximum atomic E-state index is 10.8. The van der Waals surface area contributed by atoms with Crippen LogP contribution in [-0.2, 0) is 6.42 Å². The quantitative estimate of drug-likeness (QED) is 0.151. The molecule has 0 aliphatic rings. The Bertz CT molecular complexity index is 1430. The number of thiophene rings is 1. The van der Waals surface area contributed by atoms with Gasteiger partial charge in [-0.15, -0.1) is 11.3 Å². The molecule has 0 aliphatic heterocycles. The number of nitro groups is 1. The lowest BCUT2D eigenvalue weighted by molar-refractivity contribution is -0.384. The average molecular weight is 470 g/mol. The van der Waals surface area contributed by atoms with E-state index in [0.717, 1.165) is 57.9 Å². The van der Waals surface area contributed by atoms with Crippen LogP contribution in [0.3, 0.4) is 0 Å². The summed E-state index contributed by atoms with van der Waals surface area (Å²) in [5.74, 6) is 1.60. The SMILES string of the molecule is Cc1cc2c(NCCCc3ccc(-c4ccc([N+](=O)[O-])cc4)cc3)nc(-c3cc[nH]c3)nc2s1. The number of hydrogen-bond acceptors (Lipinski definition) is 6. The van der Waals surface area contributed by atoms with Crippen LogP contribution < -0.4 is 5.32 Å². The monoisotopic (exact) mass is 469 g/mol. The molecule has 0 unspecified atom stereocenters. The smallest absolute Gasteiger partial charge is 0.269 e. The summed E-state index contributed by atoms with van der Waals surface area (Å²) >= 11 is 1.68. The first-order valence-electron chi connectivity index (χ1n) is 11.1. The second-order valence-corrected chi connectivity index (χ2v) is 9.34. The van der Waals surface area contributed by atoms with Gasteiger partial charge in [0.05, 0.1) is 10.3 Å². The van der Waals surface area contributed by atoms with Crippen LogP contribution >= 0.6 is 11.3 Å². The molecule has 5 aromatic rings. The lowest BCUT2D eigenvalue weighted by atomic mass is 10.0. The molecule has 0 spiro atoms. The first kappa shape index (κ1) is 21.8. The fraction of sp³-hybridized carbons (Fsp3) is 0.154. The third-order valence-electron chi connectivity index (χ3n) is 5.67. The summed E-state index contributed by atoms with van der Waals surface area (Å²) in [5.41, 5.74) is 4.34. The largest absolute Gasteiger partial charge is 0.369 e. The van der Waals surface area contributed by atoms with Crippen LogP contribution in [0.1, 0.15) is 16.9 Å². The summed E-state index contributed by atoms with van der Waals surface area (Å²) in [5, 5.41) is 15.4. The van der Waals surface area contributed by atoms with Crippen LogP contribution in [0.5, 0.6) is 0 Å². The second-order valence-electron chi connectivity index (χ2n) is 8.10. The number of hydrogen-bond donors (Lipinski definition) is 2. The van der Waals surface area contributed by atoms with Gasteiger partial charge in [-0.3, -0.25) is 10.1 Å². The maximum absolute atomic E-state index is 10.8. The van der Waals surface area contributed by atoms with Gasteiger partial charge in [-0.2, -0.15) is 0 Å². The Morgan fingerprint density at radius 2 is 1.74 bits per heavy atom. The zero-order chi connectivity index (χ0) is 23.5. The van der Waals surface area contributed by atoms with E-state index in [1.54, 1.807) is 23.5 Å². The van der Waals surface area contributed by atoms with Gasteiger partial charge in [-0.1, -0.05) is 24.3 Å². The number of anilines is 1. The predicted molar refractivity (Wildman–Crippen MR) is 137 cm³/mol. The molecule has 0 radical (unpaired) electrons. The summed E-state index contributed by atoms with van der Waals surface area (Å²) in [6.07, 6.45) is 5.69. The third-order valence-corrected chi connectivity index (χ3v) is 6.62. The van der Waals surface area contributed by atoms with Crippen molar-refractivity contribution in [3.8, 4) is 22.5 Å². The minimum atomic E-state index is -0.381. The number of fused-ring (bicyclic) bond motifs is 1. The number of aromatic nitrogens is 3. The van der Waals surface area contributed by atoms with Crippen molar-refractivity contribution in [2.45, 2.75) is 19.8 Å². The first-order chi connectivity index (χ1) is 16.6. The van der Waals surface area contributed by atoms with E-state index >= 15 is 0 Å². The molecule has 0 bridgehead atoms. The molecule has 0 saturated heterocycles. The highest BCUT2D eigenvalue weighted by molar-refractivity contribution is 7.18. The van der Waals surface area contributed by atoms with Gasteiger partial charge in [0.15, 0.2) is 5.82 Å². The van der Waals surface area contributed by atoms with Gasteiger partial charge >= 0.3 is 0 Å². The fourth-order valence-electron chi connectivity index (χ4n) is 3.91. The van der Waals surface area contributed by atoms with Gasteiger partial charge in [-0.05, 0) is 60.7 Å². The number of aryl methyl sites for hydroxylation is 2. The molecule has 3 heterocycles. The van der Waals surface area contributed by atoms with Crippen molar-refractivity contribution in [2.75, 3.05) is 11.9 Å². The topological polar surface area (TPSA) is 96.7 Å². The van der Waals surface area contributed by atoms with Gasteiger partial charge in [0.1, 0.15) is 10.6 Å². The Morgan fingerprint density at radius 3 is 2.41 bits per heavy atom. The van der Waals surface area contributed by atoms with Gasteiger partial charge in [0, 0.05) is 41.5 Å². The Balaban J connectivity index is 1.22. The van der Waals surface area contributed by atoms with Crippen LogP contribution in [0.2, 0.25) is 0 Å². The van der Waals surface area contributed by atoms with Crippen molar-refractivity contribution in [3.63, 3.8) is 0 Å². The van der Waals surface area contributed by atoms with Crippen molar-refractivity contribution in [2.24, 2.45) is 0 Å². The Labute approximate surface area is 200 Å². The molecule has 0 atom stereocenters. The molecular weight excluding hydrogens is 446 g/mol. The van der Waals surface area contributed by atoms with E-state index in [-0.39, 0.29) is 10.6 Å². The molecule has 0 fully saturated rings. The van der Waals surface area contributed by atoms with E-state index in [1.165, 1.54) is 22.6 Å². The zero-order valence-electron chi connectivity index (χ0n) is 18.6. The Hall–Kier alpha value is -4.04. The van der Waals surface area contributed by atoms with Gasteiger partial charge in [0.2, 0.25) is 0 Å². The molecule has 3 aromatic heterocycles. The number of nitrogens with one attached hydrogen (secondary N) is 2. The summed E-state index contributed by atoms with van der Waals surface area (Å²) in [6, 6.07) is 19.1. The van der Waals surface area contributed by atoms with Crippen molar-refractivity contribution < 1.29 is 4.92 Å². The van der Waals surface area contributed by atoms with Gasteiger partial charge in [0.25, 0.3) is 5.69 Å². The minimum absolute atomic E-state index is 0.103. The molecule has 8 heteroatoms. The molecule has 34 heavy (non-hydrogen) atoms. The highest BCUT2D eigenvalue weighted by Gasteiger charge is 2.12. The maximum Gasteiger partial charge on any atom is 0.269 e. The molecule has 5 rings (SSSR count). The fourth-order valence-corrected chi connectivity index (χ4v) is 4.79. The molecule has 0 amide bonds. The second kappa shape index (κ2) is 9.44. The summed E-state index contributed by atoms with van der Waals surface area (Å²) in [6.45, 7) is 2.89. The van der Waals surface area contributed by atoms with E-state index in [0.29, 0.717) is 0 Å². The van der Waals surface area contributed by atoms with E-state index in [9.17, 15) is 10.1 Å². The van der Waals surface area contributed by atoms with Crippen LogP contribution in [0, 0.1) is 17.0 Å². The van der Waals surface area contributed by atoms with Crippen LogP contribution in [0.4, 0.5) is 11.5 Å². The number of benzene rings is 2. The number of non-ortho nitro benzene ring substituents is 1. The summed E-state index contributed by atoms with van der Waals surface area (Å²) in [7, 11) is 0. The Morgan fingerprint density at radius 1 is 1.00 bits per heavy atom. The normalized spacial score (nSPS) is 11.1. The standard InChI is InChI=1S/C26H23N5O2S/c1-17-15-23-25(29-24(30-26(23)34-17)21-12-14-27-16-21)28-13-2-3-18-4-6-19(7-5-18)20-8-10-22(11-9-20)31(32)33/h4-12,14-16,27H,2-3,13H2,1H3,(H,28,29,30). The molecule has 170 valence electrons. The number of rotatable bonds is 8. The predicted octanol–water partition coefficient (Wildman–Crippen LogP) is 6.61. The van der Waals surface area contributed by atoms with Crippen molar-refractivity contribution in [1.82, 2.24) is 15.0 Å². The molecular formula is C26H23N5O2S. The molecule has 0 saturated carbocycles. The lowest BCUT2D eigenvalue weighted by Gasteiger charge is -2.09. The highest BCUT2D eigenvalue weighted by atomic mass is 32.1. The van der Waals surface area contributed by atoms with Crippen molar-refractivity contribution >= 4 is 33.1 Å². The van der Waals surface area contributed by atoms with E-state index in [4.69, 9.17) is 9.97 Å². The number of nitro benzene ring substituents is 1. The van der Waals surface area contributed by atoms with Crippen molar-refractivity contribution in [1.29, 1.82) is 0 Å². The van der Waals surface area contributed by atoms with E-state index in [1.807, 2.05) is 18.5 Å². The van der Waals surface area contributed by atoms with Crippen LogP contribution in [-0.4, -0.2) is 26.4 Å². The van der Waals surface area contributed by atoms with E-state index < -0.39 is 0 Å². The van der Waals surface area contributed by atoms with E-state index in [2.05, 4.69) is 47.6 Å². The average Bonchev–Trinajstić information content (AvgIpc) is 3.51. The minimum Gasteiger partial charge on any atom is -0.369 e.